The smallest absolute Gasteiger partial charge is 0.133 e. The summed E-state index contributed by atoms with van der Waals surface area (Å²) in [6.45, 7) is 5.36. The normalized spacial score (nSPS) is 14.6. The Bertz CT molecular complexity index is 584. The molecule has 0 bridgehead atoms. The van der Waals surface area contributed by atoms with Gasteiger partial charge < -0.3 is 5.32 Å². The van der Waals surface area contributed by atoms with E-state index >= 15 is 0 Å². The number of anilines is 1. The molecule has 0 saturated carbocycles. The van der Waals surface area contributed by atoms with Gasteiger partial charge in [-0.25, -0.2) is 4.68 Å². The molecule has 3 heteroatoms. The number of aromatic nitrogens is 2. The quantitative estimate of drug-likeness (QED) is 0.890. The highest BCUT2D eigenvalue weighted by molar-refractivity contribution is 5.54. The molecule has 1 aliphatic rings. The van der Waals surface area contributed by atoms with E-state index in [1.807, 2.05) is 0 Å². The van der Waals surface area contributed by atoms with Gasteiger partial charge in [-0.3, -0.25) is 0 Å². The second kappa shape index (κ2) is 5.08. The zero-order valence-electron chi connectivity index (χ0n) is 11.7. The summed E-state index contributed by atoms with van der Waals surface area (Å²) in [7, 11) is 0. The lowest BCUT2D eigenvalue weighted by atomic mass is 10.1. The van der Waals surface area contributed by atoms with Gasteiger partial charge >= 0.3 is 0 Å². The van der Waals surface area contributed by atoms with E-state index in [9.17, 15) is 0 Å². The van der Waals surface area contributed by atoms with E-state index in [1.165, 1.54) is 35.5 Å². The summed E-state index contributed by atoms with van der Waals surface area (Å²) in [4.78, 5) is 0. The zero-order valence-corrected chi connectivity index (χ0v) is 11.7. The summed E-state index contributed by atoms with van der Waals surface area (Å²) in [6.07, 6.45) is 4.65. The Balaban J connectivity index is 2.13. The Hall–Kier alpha value is -1.77. The molecule has 1 aromatic heterocycles. The van der Waals surface area contributed by atoms with Crippen LogP contribution in [-0.2, 0) is 12.8 Å². The van der Waals surface area contributed by atoms with Gasteiger partial charge in [0.2, 0.25) is 0 Å². The van der Waals surface area contributed by atoms with Crippen molar-refractivity contribution < 1.29 is 0 Å². The summed E-state index contributed by atoms with van der Waals surface area (Å²) in [5.74, 6) is 1.21. The summed E-state index contributed by atoms with van der Waals surface area (Å²) in [5, 5.41) is 8.38. The monoisotopic (exact) mass is 255 g/mol. The molecule has 19 heavy (non-hydrogen) atoms. The first-order valence-corrected chi connectivity index (χ1v) is 7.21. The molecular formula is C16H21N3. The number of nitrogens with zero attached hydrogens (tertiary/aromatic N) is 2. The minimum absolute atomic E-state index is 1.00. The van der Waals surface area contributed by atoms with Crippen LogP contribution in [0.1, 0.15) is 36.6 Å². The van der Waals surface area contributed by atoms with Crippen molar-refractivity contribution in [2.75, 3.05) is 11.9 Å². The van der Waals surface area contributed by atoms with E-state index in [1.54, 1.807) is 0 Å². The Morgan fingerprint density at radius 1 is 1.32 bits per heavy atom. The van der Waals surface area contributed by atoms with E-state index in [-0.39, 0.29) is 0 Å². The van der Waals surface area contributed by atoms with Crippen LogP contribution in [0.15, 0.2) is 24.3 Å². The van der Waals surface area contributed by atoms with Gasteiger partial charge in [0.05, 0.1) is 11.4 Å². The largest absolute Gasteiger partial charge is 0.370 e. The van der Waals surface area contributed by atoms with Crippen LogP contribution in [0.25, 0.3) is 5.69 Å². The zero-order chi connectivity index (χ0) is 13.2. The first-order valence-electron chi connectivity index (χ1n) is 7.21. The average molecular weight is 255 g/mol. The Kier molecular flexibility index (Phi) is 3.28. The maximum Gasteiger partial charge on any atom is 0.133 e. The van der Waals surface area contributed by atoms with Crippen LogP contribution in [0.5, 0.6) is 0 Å². The molecule has 0 radical (unpaired) electrons. The van der Waals surface area contributed by atoms with Crippen molar-refractivity contribution in [2.24, 2.45) is 0 Å². The van der Waals surface area contributed by atoms with Crippen molar-refractivity contribution in [3.8, 4) is 5.69 Å². The van der Waals surface area contributed by atoms with Crippen LogP contribution >= 0.6 is 0 Å². The topological polar surface area (TPSA) is 29.9 Å². The summed E-state index contributed by atoms with van der Waals surface area (Å²) >= 11 is 0. The molecule has 0 spiro atoms. The number of fused-ring (bicyclic) bond motifs is 1. The van der Waals surface area contributed by atoms with Crippen molar-refractivity contribution >= 4 is 5.82 Å². The van der Waals surface area contributed by atoms with Crippen LogP contribution in [-0.4, -0.2) is 16.3 Å². The first-order chi connectivity index (χ1) is 9.29. The SMILES string of the molecule is CCc1nn(-c2cccc(C)c2)c2c1CCCCN2. The summed E-state index contributed by atoms with van der Waals surface area (Å²) in [5.41, 5.74) is 5.09. The Morgan fingerprint density at radius 2 is 2.21 bits per heavy atom. The van der Waals surface area contributed by atoms with Gasteiger partial charge in [0.15, 0.2) is 0 Å². The molecule has 0 saturated heterocycles. The highest BCUT2D eigenvalue weighted by Crippen LogP contribution is 2.28. The van der Waals surface area contributed by atoms with Crippen molar-refractivity contribution in [1.29, 1.82) is 0 Å². The van der Waals surface area contributed by atoms with E-state index in [4.69, 9.17) is 5.10 Å². The highest BCUT2D eigenvalue weighted by atomic mass is 15.3. The second-order valence-electron chi connectivity index (χ2n) is 5.26. The van der Waals surface area contributed by atoms with E-state index < -0.39 is 0 Å². The number of nitrogens with one attached hydrogen (secondary N) is 1. The molecule has 0 fully saturated rings. The van der Waals surface area contributed by atoms with Crippen molar-refractivity contribution in [1.82, 2.24) is 9.78 Å². The summed E-state index contributed by atoms with van der Waals surface area (Å²) in [6, 6.07) is 8.55. The van der Waals surface area contributed by atoms with Gasteiger partial charge in [-0.2, -0.15) is 5.10 Å². The van der Waals surface area contributed by atoms with Crippen LogP contribution in [0.2, 0.25) is 0 Å². The minimum atomic E-state index is 1.00. The predicted octanol–water partition coefficient (Wildman–Crippen LogP) is 3.49. The molecule has 2 heterocycles. The number of hydrogen-bond acceptors (Lipinski definition) is 2. The van der Waals surface area contributed by atoms with Gasteiger partial charge in [0.25, 0.3) is 0 Å². The fraction of sp³-hybridized carbons (Fsp3) is 0.438. The standard InChI is InChI=1S/C16H21N3/c1-3-15-14-9-4-5-10-17-16(14)19(18-15)13-8-6-7-12(2)11-13/h6-8,11,17H,3-5,9-10H2,1-2H3. The van der Waals surface area contributed by atoms with Gasteiger partial charge in [-0.05, 0) is 50.3 Å². The second-order valence-corrected chi connectivity index (χ2v) is 5.26. The molecule has 3 rings (SSSR count). The maximum atomic E-state index is 4.82. The first kappa shape index (κ1) is 12.3. The number of benzene rings is 1. The van der Waals surface area contributed by atoms with E-state index in [0.29, 0.717) is 0 Å². The van der Waals surface area contributed by atoms with Crippen LogP contribution in [0.3, 0.4) is 0 Å². The molecule has 0 unspecified atom stereocenters. The van der Waals surface area contributed by atoms with E-state index in [0.717, 1.165) is 25.1 Å². The fourth-order valence-corrected chi connectivity index (χ4v) is 2.80. The third-order valence-electron chi connectivity index (χ3n) is 3.79. The molecule has 3 nitrogen and oxygen atoms in total. The van der Waals surface area contributed by atoms with Gasteiger partial charge in [-0.1, -0.05) is 19.1 Å². The number of aryl methyl sites for hydroxylation is 2. The van der Waals surface area contributed by atoms with Crippen molar-refractivity contribution in [3.63, 3.8) is 0 Å². The maximum absolute atomic E-state index is 4.82. The number of rotatable bonds is 2. The van der Waals surface area contributed by atoms with Gasteiger partial charge in [-0.15, -0.1) is 0 Å². The molecule has 2 aromatic rings. The molecular weight excluding hydrogens is 234 g/mol. The lowest BCUT2D eigenvalue weighted by Crippen LogP contribution is -2.07. The Morgan fingerprint density at radius 3 is 3.00 bits per heavy atom. The molecule has 0 aliphatic carbocycles. The molecule has 1 N–H and O–H groups in total. The predicted molar refractivity (Wildman–Crippen MR) is 79.1 cm³/mol. The fourth-order valence-electron chi connectivity index (χ4n) is 2.80. The third kappa shape index (κ3) is 2.25. The molecule has 0 amide bonds. The highest BCUT2D eigenvalue weighted by Gasteiger charge is 2.19. The lowest BCUT2D eigenvalue weighted by Gasteiger charge is -2.09. The van der Waals surface area contributed by atoms with Gasteiger partial charge in [0, 0.05) is 12.1 Å². The van der Waals surface area contributed by atoms with Gasteiger partial charge in [0.1, 0.15) is 5.82 Å². The summed E-state index contributed by atoms with van der Waals surface area (Å²) < 4.78 is 2.09. The Labute approximate surface area is 114 Å². The molecule has 100 valence electrons. The van der Waals surface area contributed by atoms with Crippen molar-refractivity contribution in [2.45, 2.75) is 39.5 Å². The van der Waals surface area contributed by atoms with Crippen molar-refractivity contribution in [3.05, 3.63) is 41.1 Å². The number of hydrogen-bond donors (Lipinski definition) is 1. The third-order valence-corrected chi connectivity index (χ3v) is 3.79. The molecule has 0 atom stereocenters. The molecule has 1 aliphatic heterocycles. The average Bonchev–Trinajstić information content (AvgIpc) is 2.59. The van der Waals surface area contributed by atoms with Crippen LogP contribution in [0, 0.1) is 6.92 Å². The minimum Gasteiger partial charge on any atom is -0.370 e. The molecule has 1 aromatic carbocycles. The van der Waals surface area contributed by atoms with Crippen LogP contribution < -0.4 is 5.32 Å². The van der Waals surface area contributed by atoms with E-state index in [2.05, 4.69) is 48.1 Å². The van der Waals surface area contributed by atoms with Crippen LogP contribution in [0.4, 0.5) is 5.82 Å². The lowest BCUT2D eigenvalue weighted by molar-refractivity contribution is 0.765.